The first-order valence-corrected chi connectivity index (χ1v) is 16.7. The fourth-order valence-electron chi connectivity index (χ4n) is 6.66. The molecule has 4 rings (SSSR count). The Morgan fingerprint density at radius 3 is 2.34 bits per heavy atom. The van der Waals surface area contributed by atoms with Gasteiger partial charge in [-0.2, -0.15) is 0 Å². The van der Waals surface area contributed by atoms with Gasteiger partial charge in [0.2, 0.25) is 12.7 Å². The van der Waals surface area contributed by atoms with E-state index in [1.54, 1.807) is 0 Å². The van der Waals surface area contributed by atoms with Gasteiger partial charge in [0.25, 0.3) is 0 Å². The summed E-state index contributed by atoms with van der Waals surface area (Å²) in [6.07, 6.45) is 12.9. The molecule has 2 atom stereocenters. The van der Waals surface area contributed by atoms with Crippen molar-refractivity contribution in [1.82, 2.24) is 19.6 Å². The van der Waals surface area contributed by atoms with Crippen LogP contribution in [0.3, 0.4) is 0 Å². The van der Waals surface area contributed by atoms with E-state index >= 15 is 0 Å². The third kappa shape index (κ3) is 9.08. The van der Waals surface area contributed by atoms with Crippen molar-refractivity contribution in [2.75, 3.05) is 73.7 Å². The SMILES string of the molecule is CCCCN(C)CCC1CC(c2cc3c(c(C4CCC4)c2)OCO3)CN1CC(=O)N(CCCC)CCCCN(C)C. The molecule has 0 spiro atoms. The Morgan fingerprint density at radius 2 is 1.63 bits per heavy atom. The molecule has 1 saturated carbocycles. The second-order valence-corrected chi connectivity index (χ2v) is 13.2. The summed E-state index contributed by atoms with van der Waals surface area (Å²) in [6.45, 7) is 11.4. The number of likely N-dealkylation sites (tertiary alicyclic amines) is 1. The molecule has 0 bridgehead atoms. The van der Waals surface area contributed by atoms with E-state index in [9.17, 15) is 4.79 Å². The van der Waals surface area contributed by atoms with Gasteiger partial charge in [-0.3, -0.25) is 9.69 Å². The average Bonchev–Trinajstić information content (AvgIpc) is 3.56. The van der Waals surface area contributed by atoms with Gasteiger partial charge in [-0.25, -0.2) is 0 Å². The van der Waals surface area contributed by atoms with Gasteiger partial charge in [0.1, 0.15) is 0 Å². The van der Waals surface area contributed by atoms with E-state index in [1.807, 2.05) is 0 Å². The maximum Gasteiger partial charge on any atom is 0.236 e. The minimum Gasteiger partial charge on any atom is -0.454 e. The maximum atomic E-state index is 13.8. The number of benzene rings is 1. The minimum absolute atomic E-state index is 0.314. The summed E-state index contributed by atoms with van der Waals surface area (Å²) < 4.78 is 11.8. The highest BCUT2D eigenvalue weighted by molar-refractivity contribution is 5.78. The second-order valence-electron chi connectivity index (χ2n) is 13.2. The lowest BCUT2D eigenvalue weighted by atomic mass is 9.78. The standard InChI is InChI=1S/C34H58N4O3/c1-6-8-17-36(5)20-15-30-21-29(28-22-31(27-13-12-14-27)34-32(23-28)40-26-41-34)24-38(30)25-33(39)37(18-9-7-2)19-11-10-16-35(3)4/h22-23,27,29-30H,6-21,24-26H2,1-5H3. The average molecular weight is 571 g/mol. The van der Waals surface area contributed by atoms with E-state index in [1.165, 1.54) is 43.2 Å². The molecule has 2 fully saturated rings. The third-order valence-corrected chi connectivity index (χ3v) is 9.56. The van der Waals surface area contributed by atoms with Gasteiger partial charge in [-0.1, -0.05) is 39.2 Å². The van der Waals surface area contributed by atoms with Crippen LogP contribution in [0.1, 0.15) is 107 Å². The predicted molar refractivity (Wildman–Crippen MR) is 168 cm³/mol. The largest absolute Gasteiger partial charge is 0.454 e. The lowest BCUT2D eigenvalue weighted by Crippen LogP contribution is -2.43. The summed E-state index contributed by atoms with van der Waals surface area (Å²) in [5, 5.41) is 0. The Bertz CT molecular complexity index is 950. The van der Waals surface area contributed by atoms with Crippen LogP contribution in [0.5, 0.6) is 11.5 Å². The van der Waals surface area contributed by atoms with Gasteiger partial charge >= 0.3 is 0 Å². The quantitative estimate of drug-likeness (QED) is 0.204. The number of ether oxygens (including phenoxy) is 2. The van der Waals surface area contributed by atoms with E-state index in [0.717, 1.165) is 89.3 Å². The number of unbranched alkanes of at least 4 members (excludes halogenated alkanes) is 3. The van der Waals surface area contributed by atoms with Crippen molar-refractivity contribution in [1.29, 1.82) is 0 Å². The number of hydrogen-bond acceptors (Lipinski definition) is 6. The molecule has 1 aliphatic carbocycles. The number of amides is 1. The summed E-state index contributed by atoms with van der Waals surface area (Å²) >= 11 is 0. The number of carbonyl (C=O) groups is 1. The summed E-state index contributed by atoms with van der Waals surface area (Å²) in [4.78, 5) is 23.2. The number of nitrogens with zero attached hydrogens (tertiary/aromatic N) is 4. The Labute approximate surface area is 250 Å². The smallest absolute Gasteiger partial charge is 0.236 e. The molecule has 1 amide bonds. The highest BCUT2D eigenvalue weighted by atomic mass is 16.7. The van der Waals surface area contributed by atoms with Crippen LogP contribution in [0.2, 0.25) is 0 Å². The predicted octanol–water partition coefficient (Wildman–Crippen LogP) is 5.93. The molecule has 7 nitrogen and oxygen atoms in total. The van der Waals surface area contributed by atoms with Gasteiger partial charge in [0.15, 0.2) is 11.5 Å². The molecule has 2 heterocycles. The molecule has 7 heteroatoms. The number of carbonyl (C=O) groups excluding carboxylic acids is 1. The molecule has 0 N–H and O–H groups in total. The molecule has 0 radical (unpaired) electrons. The van der Waals surface area contributed by atoms with Crippen molar-refractivity contribution in [3.63, 3.8) is 0 Å². The van der Waals surface area contributed by atoms with Crippen molar-refractivity contribution in [3.8, 4) is 11.5 Å². The third-order valence-electron chi connectivity index (χ3n) is 9.56. The van der Waals surface area contributed by atoms with Gasteiger partial charge < -0.3 is 24.2 Å². The number of fused-ring (bicyclic) bond motifs is 1. The highest BCUT2D eigenvalue weighted by Crippen LogP contribution is 2.48. The molecule has 1 saturated heterocycles. The fraction of sp³-hybridized carbons (Fsp3) is 0.794. The van der Waals surface area contributed by atoms with E-state index in [0.29, 0.717) is 37.1 Å². The van der Waals surface area contributed by atoms with Crippen molar-refractivity contribution < 1.29 is 14.3 Å². The topological polar surface area (TPSA) is 48.5 Å². The normalized spacial score (nSPS) is 20.8. The molecule has 3 aliphatic rings. The summed E-state index contributed by atoms with van der Waals surface area (Å²) in [5.74, 6) is 3.25. The van der Waals surface area contributed by atoms with Crippen LogP contribution in [0, 0.1) is 0 Å². The zero-order valence-electron chi connectivity index (χ0n) is 26.8. The molecular formula is C34H58N4O3. The van der Waals surface area contributed by atoms with Gasteiger partial charge in [0.05, 0.1) is 6.54 Å². The first-order valence-electron chi connectivity index (χ1n) is 16.7. The molecule has 2 unspecified atom stereocenters. The van der Waals surface area contributed by atoms with Crippen molar-refractivity contribution in [3.05, 3.63) is 23.3 Å². The molecule has 1 aromatic carbocycles. The van der Waals surface area contributed by atoms with Crippen LogP contribution in [0.4, 0.5) is 0 Å². The Morgan fingerprint density at radius 1 is 0.902 bits per heavy atom. The van der Waals surface area contributed by atoms with Crippen LogP contribution >= 0.6 is 0 Å². The van der Waals surface area contributed by atoms with Crippen LogP contribution in [0.15, 0.2) is 12.1 Å². The number of hydrogen-bond donors (Lipinski definition) is 0. The Hall–Kier alpha value is -1.83. The highest BCUT2D eigenvalue weighted by Gasteiger charge is 2.37. The minimum atomic E-state index is 0.314. The lowest BCUT2D eigenvalue weighted by molar-refractivity contribution is -0.132. The molecule has 0 aromatic heterocycles. The van der Waals surface area contributed by atoms with Gasteiger partial charge in [-0.05, 0) is 116 Å². The van der Waals surface area contributed by atoms with E-state index in [2.05, 4.69) is 66.7 Å². The van der Waals surface area contributed by atoms with E-state index in [-0.39, 0.29) is 0 Å². The van der Waals surface area contributed by atoms with Crippen LogP contribution in [-0.2, 0) is 4.79 Å². The van der Waals surface area contributed by atoms with Crippen LogP contribution in [0.25, 0.3) is 0 Å². The summed E-state index contributed by atoms with van der Waals surface area (Å²) in [5.41, 5.74) is 2.73. The summed E-state index contributed by atoms with van der Waals surface area (Å²) in [6, 6.07) is 5.09. The second kappa shape index (κ2) is 16.1. The van der Waals surface area contributed by atoms with Crippen LogP contribution < -0.4 is 9.47 Å². The van der Waals surface area contributed by atoms with E-state index < -0.39 is 0 Å². The molecule has 1 aromatic rings. The lowest BCUT2D eigenvalue weighted by Gasteiger charge is -2.29. The molecule has 2 aliphatic heterocycles. The maximum absolute atomic E-state index is 13.8. The Balaban J connectivity index is 1.46. The monoisotopic (exact) mass is 570 g/mol. The Kier molecular flexibility index (Phi) is 12.6. The van der Waals surface area contributed by atoms with E-state index in [4.69, 9.17) is 9.47 Å². The van der Waals surface area contributed by atoms with Gasteiger partial charge in [0, 0.05) is 31.2 Å². The number of rotatable bonds is 18. The molecule has 232 valence electrons. The van der Waals surface area contributed by atoms with Crippen molar-refractivity contribution >= 4 is 5.91 Å². The molecular weight excluding hydrogens is 512 g/mol. The fourth-order valence-corrected chi connectivity index (χ4v) is 6.66. The van der Waals surface area contributed by atoms with Crippen molar-refractivity contribution in [2.24, 2.45) is 0 Å². The summed E-state index contributed by atoms with van der Waals surface area (Å²) in [7, 11) is 6.50. The first kappa shape index (κ1) is 32.1. The van der Waals surface area contributed by atoms with Crippen molar-refractivity contribution in [2.45, 2.75) is 102 Å². The zero-order chi connectivity index (χ0) is 29.2. The van der Waals surface area contributed by atoms with Crippen LogP contribution in [-0.4, -0.2) is 105 Å². The zero-order valence-corrected chi connectivity index (χ0v) is 26.8. The first-order chi connectivity index (χ1) is 19.9. The molecule has 41 heavy (non-hydrogen) atoms. The van der Waals surface area contributed by atoms with Gasteiger partial charge in [-0.15, -0.1) is 0 Å².